The highest BCUT2D eigenvalue weighted by Gasteiger charge is 2.40. The van der Waals surface area contributed by atoms with Gasteiger partial charge in [0.1, 0.15) is 18.5 Å². The van der Waals surface area contributed by atoms with E-state index < -0.39 is 43.0 Å². The normalized spacial score (nSPS) is 18.5. The number of rotatable bonds is 6. The third-order valence-electron chi connectivity index (χ3n) is 5.38. The minimum absolute atomic E-state index is 0.0624. The maximum atomic E-state index is 13.9. The molecule has 0 bridgehead atoms. The van der Waals surface area contributed by atoms with Gasteiger partial charge in [-0.3, -0.25) is 9.36 Å². The van der Waals surface area contributed by atoms with Crippen molar-refractivity contribution in [2.45, 2.75) is 38.1 Å². The second-order valence-corrected chi connectivity index (χ2v) is 7.49. The molecule has 2 unspecified atom stereocenters. The number of aromatic nitrogens is 2. The molecule has 2 heterocycles. The Hall–Kier alpha value is -3.40. The molecular formula is C22H20F3N3O4. The minimum atomic E-state index is -2.89. The van der Waals surface area contributed by atoms with Gasteiger partial charge in [-0.25, -0.2) is 14.2 Å². The number of aliphatic hydroxyl groups is 1. The van der Waals surface area contributed by atoms with Gasteiger partial charge in [0.2, 0.25) is 5.91 Å². The topological polar surface area (TPSA) is 84.7 Å². The molecule has 0 spiro atoms. The highest BCUT2D eigenvalue weighted by molar-refractivity contribution is 5.86. The number of amides is 1. The summed E-state index contributed by atoms with van der Waals surface area (Å²) in [6, 6.07) is 11.0. The second-order valence-electron chi connectivity index (χ2n) is 7.49. The van der Waals surface area contributed by atoms with Crippen LogP contribution in [0.2, 0.25) is 0 Å². The van der Waals surface area contributed by atoms with E-state index in [2.05, 4.69) is 4.98 Å². The Morgan fingerprint density at radius 3 is 2.62 bits per heavy atom. The minimum Gasteiger partial charge on any atom is -0.456 e. The molecule has 1 aliphatic heterocycles. The zero-order valence-electron chi connectivity index (χ0n) is 16.8. The molecule has 0 aliphatic carbocycles. The van der Waals surface area contributed by atoms with E-state index in [0.717, 1.165) is 4.90 Å². The van der Waals surface area contributed by atoms with Gasteiger partial charge in [0.15, 0.2) is 5.82 Å². The number of nitrogens with zero attached hydrogens (tertiary/aromatic N) is 3. The van der Waals surface area contributed by atoms with Crippen molar-refractivity contribution in [1.82, 2.24) is 14.5 Å². The van der Waals surface area contributed by atoms with E-state index in [1.54, 1.807) is 24.3 Å². The lowest BCUT2D eigenvalue weighted by Gasteiger charge is -2.23. The van der Waals surface area contributed by atoms with Crippen LogP contribution in [0.1, 0.15) is 24.4 Å². The third-order valence-corrected chi connectivity index (χ3v) is 5.38. The van der Waals surface area contributed by atoms with Crippen LogP contribution in [-0.4, -0.2) is 50.1 Å². The number of benzene rings is 2. The second kappa shape index (κ2) is 8.99. The largest absolute Gasteiger partial charge is 0.456 e. The number of carbonyl (C=O) groups is 2. The lowest BCUT2D eigenvalue weighted by molar-refractivity contribution is -0.154. The van der Waals surface area contributed by atoms with Gasteiger partial charge in [0, 0.05) is 13.0 Å². The molecule has 1 saturated heterocycles. The van der Waals surface area contributed by atoms with Crippen molar-refractivity contribution in [3.8, 4) is 0 Å². The first kappa shape index (κ1) is 21.8. The van der Waals surface area contributed by atoms with Crippen LogP contribution < -0.4 is 0 Å². The highest BCUT2D eigenvalue weighted by atomic mass is 19.3. The van der Waals surface area contributed by atoms with Crippen LogP contribution in [0.3, 0.4) is 0 Å². The van der Waals surface area contributed by atoms with E-state index in [4.69, 9.17) is 4.74 Å². The van der Waals surface area contributed by atoms with Crippen LogP contribution in [0.25, 0.3) is 11.0 Å². The Morgan fingerprint density at radius 2 is 1.88 bits per heavy atom. The number of β-amino-alcohol motifs (C(OH)–C–C–N with tert-alkyl or cyclic N) is 1. The molecule has 32 heavy (non-hydrogen) atoms. The first-order chi connectivity index (χ1) is 15.3. The van der Waals surface area contributed by atoms with Crippen LogP contribution >= 0.6 is 0 Å². The van der Waals surface area contributed by atoms with E-state index in [0.29, 0.717) is 10.1 Å². The average Bonchev–Trinajstić information content (AvgIpc) is 3.34. The van der Waals surface area contributed by atoms with Gasteiger partial charge in [0.25, 0.3) is 0 Å². The molecule has 2 aromatic carbocycles. The van der Waals surface area contributed by atoms with Gasteiger partial charge in [-0.05, 0) is 23.8 Å². The molecule has 10 heteroatoms. The highest BCUT2D eigenvalue weighted by Crippen LogP contribution is 2.25. The third kappa shape index (κ3) is 4.31. The van der Waals surface area contributed by atoms with E-state index in [1.165, 1.54) is 24.3 Å². The summed E-state index contributed by atoms with van der Waals surface area (Å²) in [7, 11) is 0. The summed E-state index contributed by atoms with van der Waals surface area (Å²) in [5.41, 5.74) is 0.694. The number of hydrogen-bond donors (Lipinski definition) is 1. The van der Waals surface area contributed by atoms with Crippen molar-refractivity contribution in [2.24, 2.45) is 0 Å². The Kier molecular flexibility index (Phi) is 6.13. The summed E-state index contributed by atoms with van der Waals surface area (Å²) in [6.45, 7) is -3.52. The number of likely N-dealkylation sites (tertiary alicyclic amines) is 1. The van der Waals surface area contributed by atoms with E-state index in [9.17, 15) is 27.9 Å². The number of halogens is 3. The van der Waals surface area contributed by atoms with Crippen LogP contribution in [-0.2, 0) is 27.4 Å². The Morgan fingerprint density at radius 1 is 1.16 bits per heavy atom. The summed E-state index contributed by atoms with van der Waals surface area (Å²) in [6.07, 6.45) is -1.31. The number of alkyl halides is 2. The number of aliphatic hydroxyl groups excluding tert-OH is 1. The van der Waals surface area contributed by atoms with Gasteiger partial charge >= 0.3 is 12.5 Å². The number of imidazole rings is 1. The van der Waals surface area contributed by atoms with E-state index >= 15 is 0 Å². The molecular weight excluding hydrogens is 427 g/mol. The lowest BCUT2D eigenvalue weighted by atomic mass is 10.1. The van der Waals surface area contributed by atoms with Gasteiger partial charge in [-0.2, -0.15) is 8.78 Å². The zero-order chi connectivity index (χ0) is 22.8. The van der Waals surface area contributed by atoms with Crippen LogP contribution in [0, 0.1) is 5.82 Å². The number of hydrogen-bond acceptors (Lipinski definition) is 5. The Balaban J connectivity index is 1.48. The summed E-state index contributed by atoms with van der Waals surface area (Å²) >= 11 is 0. The molecule has 0 saturated carbocycles. The molecule has 1 fully saturated rings. The van der Waals surface area contributed by atoms with Crippen molar-refractivity contribution in [1.29, 1.82) is 0 Å². The number of ether oxygens (including phenoxy) is 1. The van der Waals surface area contributed by atoms with Crippen molar-refractivity contribution >= 4 is 22.9 Å². The summed E-state index contributed by atoms with van der Waals surface area (Å²) < 4.78 is 46.8. The fourth-order valence-electron chi connectivity index (χ4n) is 3.86. The Labute approximate surface area is 181 Å². The molecule has 1 aliphatic rings. The van der Waals surface area contributed by atoms with E-state index in [1.807, 2.05) is 0 Å². The number of carbonyl (C=O) groups excluding carboxylic acids is 2. The van der Waals surface area contributed by atoms with Crippen LogP contribution in [0.15, 0.2) is 48.5 Å². The van der Waals surface area contributed by atoms with Gasteiger partial charge < -0.3 is 14.7 Å². The monoisotopic (exact) mass is 447 g/mol. The fraction of sp³-hybridized carbons (Fsp3) is 0.318. The molecule has 4 rings (SSSR count). The van der Waals surface area contributed by atoms with Crippen LogP contribution in [0.4, 0.5) is 13.2 Å². The quantitative estimate of drug-likeness (QED) is 0.588. The maximum absolute atomic E-state index is 13.9. The van der Waals surface area contributed by atoms with Gasteiger partial charge in [0.05, 0.1) is 23.6 Å². The predicted octanol–water partition coefficient (Wildman–Crippen LogP) is 2.82. The molecule has 168 valence electrons. The standard InChI is InChI=1S/C22H20F3N3O4/c23-15-6-2-1-5-13(15)9-20(30)27-11-14(29)10-18(27)21(31)32-12-19-26-16-7-3-4-8-17(16)28(19)22(24)25/h1-8,14,18,22,29H,9-12H2. The van der Waals surface area contributed by atoms with Gasteiger partial charge in [-0.15, -0.1) is 0 Å². The van der Waals surface area contributed by atoms with Crippen LogP contribution in [0.5, 0.6) is 0 Å². The molecule has 0 radical (unpaired) electrons. The summed E-state index contributed by atoms with van der Waals surface area (Å²) in [5.74, 6) is -2.09. The molecule has 2 atom stereocenters. The maximum Gasteiger partial charge on any atom is 0.329 e. The Bertz CT molecular complexity index is 1150. The predicted molar refractivity (Wildman–Crippen MR) is 107 cm³/mol. The van der Waals surface area contributed by atoms with Gasteiger partial charge in [-0.1, -0.05) is 30.3 Å². The zero-order valence-corrected chi connectivity index (χ0v) is 16.8. The number of fused-ring (bicyclic) bond motifs is 1. The SMILES string of the molecule is O=C(OCc1nc2ccccc2n1C(F)F)C1CC(O)CN1C(=O)Cc1ccccc1F. The fourth-order valence-corrected chi connectivity index (χ4v) is 3.86. The van der Waals surface area contributed by atoms with Crippen molar-refractivity contribution < 1.29 is 32.6 Å². The van der Waals surface area contributed by atoms with Crippen molar-refractivity contribution in [2.75, 3.05) is 6.54 Å². The number of esters is 1. The molecule has 1 N–H and O–H groups in total. The van der Waals surface area contributed by atoms with Crippen molar-refractivity contribution in [3.63, 3.8) is 0 Å². The molecule has 3 aromatic rings. The lowest BCUT2D eigenvalue weighted by Crippen LogP contribution is -2.42. The smallest absolute Gasteiger partial charge is 0.329 e. The molecule has 1 aromatic heterocycles. The summed E-state index contributed by atoms with van der Waals surface area (Å²) in [4.78, 5) is 30.6. The first-order valence-electron chi connectivity index (χ1n) is 9.96. The summed E-state index contributed by atoms with van der Waals surface area (Å²) in [5, 5.41) is 9.99. The molecule has 7 nitrogen and oxygen atoms in total. The number of para-hydroxylation sites is 2. The van der Waals surface area contributed by atoms with Crippen molar-refractivity contribution in [3.05, 3.63) is 65.7 Å². The average molecular weight is 447 g/mol. The molecule has 1 amide bonds. The van der Waals surface area contributed by atoms with E-state index in [-0.39, 0.29) is 36.3 Å². The first-order valence-corrected chi connectivity index (χ1v) is 9.96.